The lowest BCUT2D eigenvalue weighted by molar-refractivity contribution is -0.118. The minimum absolute atomic E-state index is 0.171. The molecule has 0 aliphatic rings. The molecule has 1 aromatic rings. The Morgan fingerprint density at radius 3 is 2.88 bits per heavy atom. The van der Waals surface area contributed by atoms with Crippen molar-refractivity contribution in [2.45, 2.75) is 6.04 Å². The smallest absolute Gasteiger partial charge is 0.236 e. The molecule has 0 saturated heterocycles. The van der Waals surface area contributed by atoms with Crippen LogP contribution in [0.1, 0.15) is 5.56 Å². The van der Waals surface area contributed by atoms with Crippen molar-refractivity contribution < 1.29 is 4.79 Å². The minimum atomic E-state index is -0.790. The molecule has 0 saturated carbocycles. The van der Waals surface area contributed by atoms with E-state index in [1.807, 2.05) is 6.07 Å². The molecule has 0 aliphatic carbocycles. The Morgan fingerprint density at radius 2 is 2.31 bits per heavy atom. The second kappa shape index (κ2) is 5.35. The summed E-state index contributed by atoms with van der Waals surface area (Å²) < 4.78 is 0. The molecule has 1 aromatic carbocycles. The van der Waals surface area contributed by atoms with E-state index in [9.17, 15) is 4.79 Å². The van der Waals surface area contributed by atoms with Gasteiger partial charge in [0.1, 0.15) is 6.04 Å². The molecule has 0 radical (unpaired) electrons. The first-order valence-electron chi connectivity index (χ1n) is 4.53. The van der Waals surface area contributed by atoms with Crippen molar-refractivity contribution in [2.75, 3.05) is 11.9 Å². The number of hydrogen-bond acceptors (Lipinski definition) is 4. The molecule has 1 rings (SSSR count). The van der Waals surface area contributed by atoms with Gasteiger partial charge in [0.2, 0.25) is 5.91 Å². The standard InChI is InChI=1S/C10H11ClN4O/c11-7-2-1-6(4-12)3-9(7)15-5-8(13)10(14)16/h1-3,8,15H,5,13H2,(H2,14,16). The van der Waals surface area contributed by atoms with Gasteiger partial charge in [-0.3, -0.25) is 4.79 Å². The van der Waals surface area contributed by atoms with Crippen LogP contribution in [0.15, 0.2) is 18.2 Å². The SMILES string of the molecule is N#Cc1ccc(Cl)c(NCC(N)C(N)=O)c1. The van der Waals surface area contributed by atoms with Crippen molar-refractivity contribution in [1.29, 1.82) is 5.26 Å². The summed E-state index contributed by atoms with van der Waals surface area (Å²) in [6, 6.07) is 5.97. The molecule has 0 aliphatic heterocycles. The third kappa shape index (κ3) is 3.12. The van der Waals surface area contributed by atoms with Gasteiger partial charge < -0.3 is 16.8 Å². The summed E-state index contributed by atoms with van der Waals surface area (Å²) in [7, 11) is 0. The summed E-state index contributed by atoms with van der Waals surface area (Å²) in [5, 5.41) is 12.0. The number of carbonyl (C=O) groups is 1. The average molecular weight is 239 g/mol. The molecule has 6 heteroatoms. The van der Waals surface area contributed by atoms with Gasteiger partial charge in [-0.15, -0.1) is 0 Å². The monoisotopic (exact) mass is 238 g/mol. The highest BCUT2D eigenvalue weighted by molar-refractivity contribution is 6.33. The van der Waals surface area contributed by atoms with Crippen LogP contribution in [-0.2, 0) is 4.79 Å². The molecule has 1 atom stereocenters. The molecule has 0 spiro atoms. The average Bonchev–Trinajstić information content (AvgIpc) is 2.27. The van der Waals surface area contributed by atoms with Gasteiger partial charge in [-0.05, 0) is 18.2 Å². The van der Waals surface area contributed by atoms with Gasteiger partial charge in [0.25, 0.3) is 0 Å². The van der Waals surface area contributed by atoms with Crippen LogP contribution in [0, 0.1) is 11.3 Å². The van der Waals surface area contributed by atoms with E-state index in [2.05, 4.69) is 5.32 Å². The number of carbonyl (C=O) groups excluding carboxylic acids is 1. The third-order valence-corrected chi connectivity index (χ3v) is 2.30. The van der Waals surface area contributed by atoms with Crippen LogP contribution < -0.4 is 16.8 Å². The zero-order chi connectivity index (χ0) is 12.1. The molecule has 1 unspecified atom stereocenters. The number of nitrogens with one attached hydrogen (secondary N) is 1. The molecule has 5 N–H and O–H groups in total. The maximum absolute atomic E-state index is 10.7. The Labute approximate surface area is 98.0 Å². The number of halogens is 1. The quantitative estimate of drug-likeness (QED) is 0.708. The van der Waals surface area contributed by atoms with E-state index in [1.165, 1.54) is 0 Å². The van der Waals surface area contributed by atoms with Crippen LogP contribution in [-0.4, -0.2) is 18.5 Å². The number of anilines is 1. The summed E-state index contributed by atoms with van der Waals surface area (Å²) in [4.78, 5) is 10.7. The second-order valence-corrected chi connectivity index (χ2v) is 3.60. The Bertz CT molecular complexity index is 441. The normalized spacial score (nSPS) is 11.6. The number of amides is 1. The predicted molar refractivity (Wildman–Crippen MR) is 61.8 cm³/mol. The van der Waals surface area contributed by atoms with Gasteiger partial charge >= 0.3 is 0 Å². The number of benzene rings is 1. The van der Waals surface area contributed by atoms with Crippen LogP contribution in [0.5, 0.6) is 0 Å². The highest BCUT2D eigenvalue weighted by Gasteiger charge is 2.09. The van der Waals surface area contributed by atoms with E-state index in [0.29, 0.717) is 16.3 Å². The molecule has 1 amide bonds. The fraction of sp³-hybridized carbons (Fsp3) is 0.200. The van der Waals surface area contributed by atoms with Crippen molar-refractivity contribution >= 4 is 23.2 Å². The Morgan fingerprint density at radius 1 is 1.62 bits per heavy atom. The van der Waals surface area contributed by atoms with E-state index in [4.69, 9.17) is 28.3 Å². The van der Waals surface area contributed by atoms with Crippen molar-refractivity contribution in [2.24, 2.45) is 11.5 Å². The summed E-state index contributed by atoms with van der Waals surface area (Å²) in [5.74, 6) is -0.597. The summed E-state index contributed by atoms with van der Waals surface area (Å²) >= 11 is 5.89. The molecule has 0 aromatic heterocycles. The van der Waals surface area contributed by atoms with Gasteiger partial charge in [-0.2, -0.15) is 5.26 Å². The molecular weight excluding hydrogens is 228 g/mol. The van der Waals surface area contributed by atoms with E-state index < -0.39 is 11.9 Å². The molecule has 0 fully saturated rings. The molecule has 0 heterocycles. The van der Waals surface area contributed by atoms with E-state index in [1.54, 1.807) is 18.2 Å². The zero-order valence-corrected chi connectivity index (χ0v) is 9.16. The Hall–Kier alpha value is -1.77. The second-order valence-electron chi connectivity index (χ2n) is 3.20. The number of nitrogens with zero attached hydrogens (tertiary/aromatic N) is 1. The molecule has 5 nitrogen and oxygen atoms in total. The van der Waals surface area contributed by atoms with Gasteiger partial charge in [0.05, 0.1) is 22.3 Å². The number of hydrogen-bond donors (Lipinski definition) is 3. The third-order valence-electron chi connectivity index (χ3n) is 1.97. The molecule has 84 valence electrons. The van der Waals surface area contributed by atoms with E-state index >= 15 is 0 Å². The van der Waals surface area contributed by atoms with Crippen LogP contribution in [0.25, 0.3) is 0 Å². The summed E-state index contributed by atoms with van der Waals surface area (Å²) in [6.45, 7) is 0.171. The fourth-order valence-corrected chi connectivity index (χ4v) is 1.24. The molecule has 0 bridgehead atoms. The summed E-state index contributed by atoms with van der Waals surface area (Å²) in [5.41, 5.74) is 11.5. The Kier molecular flexibility index (Phi) is 4.11. The van der Waals surface area contributed by atoms with Crippen molar-refractivity contribution in [3.8, 4) is 6.07 Å². The lowest BCUT2D eigenvalue weighted by Crippen LogP contribution is -2.41. The van der Waals surface area contributed by atoms with Crippen LogP contribution in [0.4, 0.5) is 5.69 Å². The maximum atomic E-state index is 10.7. The predicted octanol–water partition coefficient (Wildman–Crippen LogP) is 0.436. The summed E-state index contributed by atoms with van der Waals surface area (Å²) in [6.07, 6.45) is 0. The number of nitrogens with two attached hydrogens (primary N) is 2. The lowest BCUT2D eigenvalue weighted by atomic mass is 10.2. The van der Waals surface area contributed by atoms with Crippen molar-refractivity contribution in [3.05, 3.63) is 28.8 Å². The van der Waals surface area contributed by atoms with Crippen molar-refractivity contribution in [1.82, 2.24) is 0 Å². The van der Waals surface area contributed by atoms with Gasteiger partial charge in [-0.25, -0.2) is 0 Å². The first-order chi connectivity index (χ1) is 7.54. The van der Waals surface area contributed by atoms with Crippen LogP contribution in [0.3, 0.4) is 0 Å². The van der Waals surface area contributed by atoms with Gasteiger partial charge in [0, 0.05) is 6.54 Å². The first kappa shape index (κ1) is 12.3. The van der Waals surface area contributed by atoms with E-state index in [0.717, 1.165) is 0 Å². The van der Waals surface area contributed by atoms with Crippen LogP contribution >= 0.6 is 11.6 Å². The Balaban J connectivity index is 2.74. The first-order valence-corrected chi connectivity index (χ1v) is 4.91. The van der Waals surface area contributed by atoms with E-state index in [-0.39, 0.29) is 6.54 Å². The highest BCUT2D eigenvalue weighted by atomic mass is 35.5. The molecular formula is C10H11ClN4O. The van der Waals surface area contributed by atoms with Crippen molar-refractivity contribution in [3.63, 3.8) is 0 Å². The number of rotatable bonds is 4. The number of nitriles is 1. The maximum Gasteiger partial charge on any atom is 0.236 e. The minimum Gasteiger partial charge on any atom is -0.382 e. The van der Waals surface area contributed by atoms with Gasteiger partial charge in [-0.1, -0.05) is 11.6 Å². The van der Waals surface area contributed by atoms with Gasteiger partial charge in [0.15, 0.2) is 0 Å². The fourth-order valence-electron chi connectivity index (χ4n) is 1.05. The largest absolute Gasteiger partial charge is 0.382 e. The zero-order valence-electron chi connectivity index (χ0n) is 8.40. The topological polar surface area (TPSA) is 105 Å². The lowest BCUT2D eigenvalue weighted by Gasteiger charge is -2.11. The number of primary amides is 1. The van der Waals surface area contributed by atoms with Crippen LogP contribution in [0.2, 0.25) is 5.02 Å². The highest BCUT2D eigenvalue weighted by Crippen LogP contribution is 2.22. The molecule has 16 heavy (non-hydrogen) atoms.